The largest absolute Gasteiger partial charge is 0.452 e. The minimum Gasteiger partial charge on any atom is -0.452 e. The molecule has 1 N–H and O–H groups in total. The number of halogens is 2. The van der Waals surface area contributed by atoms with Gasteiger partial charge >= 0.3 is 5.97 Å². The lowest BCUT2D eigenvalue weighted by molar-refractivity contribution is -0.119. The normalized spacial score (nSPS) is 11.4. The fourth-order valence-corrected chi connectivity index (χ4v) is 4.06. The summed E-state index contributed by atoms with van der Waals surface area (Å²) in [5, 5.41) is 2.62. The Hall–Kier alpha value is -1.94. The highest BCUT2D eigenvalue weighted by atomic mass is 79.9. The van der Waals surface area contributed by atoms with Crippen LogP contribution in [0.15, 0.2) is 45.8 Å². The number of ether oxygens (including phenoxy) is 1. The second-order valence-corrected chi connectivity index (χ2v) is 9.46. The number of hydrogen-bond donors (Lipinski definition) is 1. The number of esters is 1. The Morgan fingerprint density at radius 1 is 1.18 bits per heavy atom. The van der Waals surface area contributed by atoms with E-state index in [-0.39, 0.29) is 15.5 Å². The molecule has 0 spiro atoms. The Morgan fingerprint density at radius 3 is 2.46 bits per heavy atom. The van der Waals surface area contributed by atoms with Gasteiger partial charge in [0.2, 0.25) is 10.0 Å². The maximum Gasteiger partial charge on any atom is 0.338 e. The lowest BCUT2D eigenvalue weighted by atomic mass is 10.2. The zero-order chi connectivity index (χ0) is 21.1. The average molecular weight is 490 g/mol. The molecule has 0 aliphatic rings. The van der Waals surface area contributed by atoms with Crippen LogP contribution in [-0.4, -0.2) is 45.3 Å². The van der Waals surface area contributed by atoms with Gasteiger partial charge in [-0.25, -0.2) is 17.5 Å². The van der Waals surface area contributed by atoms with E-state index in [1.54, 1.807) is 12.1 Å². The van der Waals surface area contributed by atoms with Gasteiger partial charge in [-0.15, -0.1) is 0 Å². The molecule has 2 aromatic rings. The summed E-state index contributed by atoms with van der Waals surface area (Å²) in [6, 6.07) is 9.07. The quantitative estimate of drug-likeness (QED) is 0.627. The number of benzene rings is 2. The van der Waals surface area contributed by atoms with Gasteiger partial charge in [0.25, 0.3) is 5.91 Å². The van der Waals surface area contributed by atoms with Gasteiger partial charge in [-0.3, -0.25) is 4.79 Å². The molecular formula is C18H18BrClN2O5S. The van der Waals surface area contributed by atoms with E-state index >= 15 is 0 Å². The van der Waals surface area contributed by atoms with Crippen molar-refractivity contribution in [1.82, 2.24) is 4.31 Å². The van der Waals surface area contributed by atoms with Crippen molar-refractivity contribution in [2.24, 2.45) is 0 Å². The first kappa shape index (κ1) is 22.4. The van der Waals surface area contributed by atoms with Gasteiger partial charge in [0.05, 0.1) is 10.6 Å². The number of amides is 1. The molecule has 2 rings (SSSR count). The first-order chi connectivity index (χ1) is 13.0. The highest BCUT2D eigenvalue weighted by molar-refractivity contribution is 9.10. The molecule has 0 heterocycles. The Labute approximate surface area is 176 Å². The number of nitrogens with one attached hydrogen (secondary N) is 1. The van der Waals surface area contributed by atoms with E-state index < -0.39 is 28.5 Å². The van der Waals surface area contributed by atoms with Gasteiger partial charge in [-0.05, 0) is 48.9 Å². The predicted molar refractivity (Wildman–Crippen MR) is 110 cm³/mol. The standard InChI is InChI=1S/C18H18BrClN2O5S/c1-11-8-13(19)5-7-15(11)21-17(23)10-27-18(24)12-4-6-14(20)16(9-12)28(25,26)22(2)3/h4-9H,10H2,1-3H3,(H,21,23). The third kappa shape index (κ3) is 5.32. The molecule has 0 saturated heterocycles. The van der Waals surface area contributed by atoms with Crippen LogP contribution in [0.25, 0.3) is 0 Å². The van der Waals surface area contributed by atoms with Crippen LogP contribution in [0.1, 0.15) is 15.9 Å². The van der Waals surface area contributed by atoms with Crippen molar-refractivity contribution >= 4 is 55.1 Å². The van der Waals surface area contributed by atoms with Crippen LogP contribution in [0.3, 0.4) is 0 Å². The zero-order valence-corrected chi connectivity index (χ0v) is 18.5. The summed E-state index contributed by atoms with van der Waals surface area (Å²) in [4.78, 5) is 24.0. The Kier molecular flexibility index (Phi) is 7.22. The lowest BCUT2D eigenvalue weighted by Crippen LogP contribution is -2.23. The Bertz CT molecular complexity index is 1020. The molecule has 0 aliphatic carbocycles. The van der Waals surface area contributed by atoms with E-state index in [0.29, 0.717) is 5.69 Å². The third-order valence-electron chi connectivity index (χ3n) is 3.72. The van der Waals surface area contributed by atoms with Crippen LogP contribution in [0.4, 0.5) is 5.69 Å². The summed E-state index contributed by atoms with van der Waals surface area (Å²) in [7, 11) is -1.13. The van der Waals surface area contributed by atoms with Crippen molar-refractivity contribution in [3.63, 3.8) is 0 Å². The number of carbonyl (C=O) groups excluding carboxylic acids is 2. The van der Waals surface area contributed by atoms with Crippen molar-refractivity contribution in [3.8, 4) is 0 Å². The number of hydrogen-bond acceptors (Lipinski definition) is 5. The lowest BCUT2D eigenvalue weighted by Gasteiger charge is -2.14. The molecule has 0 bridgehead atoms. The Morgan fingerprint density at radius 2 is 1.86 bits per heavy atom. The maximum absolute atomic E-state index is 12.3. The van der Waals surface area contributed by atoms with Gasteiger partial charge in [-0.1, -0.05) is 27.5 Å². The number of rotatable bonds is 6. The molecule has 0 atom stereocenters. The molecule has 0 unspecified atom stereocenters. The molecule has 28 heavy (non-hydrogen) atoms. The van der Waals surface area contributed by atoms with E-state index in [4.69, 9.17) is 16.3 Å². The fourth-order valence-electron chi connectivity index (χ4n) is 2.19. The van der Waals surface area contributed by atoms with Crippen LogP contribution < -0.4 is 5.32 Å². The summed E-state index contributed by atoms with van der Waals surface area (Å²) < 4.78 is 31.4. The topological polar surface area (TPSA) is 92.8 Å². The molecule has 7 nitrogen and oxygen atoms in total. The van der Waals surface area contributed by atoms with Crippen molar-refractivity contribution in [1.29, 1.82) is 0 Å². The molecule has 0 aromatic heterocycles. The van der Waals surface area contributed by atoms with Crippen molar-refractivity contribution < 1.29 is 22.7 Å². The highest BCUT2D eigenvalue weighted by Gasteiger charge is 2.23. The van der Waals surface area contributed by atoms with E-state index in [2.05, 4.69) is 21.2 Å². The zero-order valence-electron chi connectivity index (χ0n) is 15.3. The second kappa shape index (κ2) is 9.04. The van der Waals surface area contributed by atoms with Crippen molar-refractivity contribution in [2.75, 3.05) is 26.0 Å². The van der Waals surface area contributed by atoms with Gasteiger partial charge < -0.3 is 10.1 Å². The third-order valence-corrected chi connectivity index (χ3v) is 6.51. The smallest absolute Gasteiger partial charge is 0.338 e. The molecule has 0 radical (unpaired) electrons. The number of carbonyl (C=O) groups is 2. The minimum absolute atomic E-state index is 0.0197. The van der Waals surface area contributed by atoms with Gasteiger partial charge in [-0.2, -0.15) is 0 Å². The second-order valence-electron chi connectivity index (χ2n) is 6.02. The average Bonchev–Trinajstić information content (AvgIpc) is 2.62. The van der Waals surface area contributed by atoms with Gasteiger partial charge in [0.1, 0.15) is 4.90 Å². The Balaban J connectivity index is 2.08. The van der Waals surface area contributed by atoms with E-state index in [1.165, 1.54) is 26.2 Å². The number of sulfonamides is 1. The molecule has 0 aliphatic heterocycles. The van der Waals surface area contributed by atoms with Crippen LogP contribution in [0.2, 0.25) is 5.02 Å². The van der Waals surface area contributed by atoms with Crippen molar-refractivity contribution in [3.05, 3.63) is 57.0 Å². The maximum atomic E-state index is 12.3. The van der Waals surface area contributed by atoms with Gasteiger partial charge in [0.15, 0.2) is 6.61 Å². The molecule has 0 fully saturated rings. The van der Waals surface area contributed by atoms with Crippen LogP contribution in [-0.2, 0) is 19.6 Å². The summed E-state index contributed by atoms with van der Waals surface area (Å²) >= 11 is 9.28. The first-order valence-corrected chi connectivity index (χ1v) is 10.6. The molecule has 1 amide bonds. The molecule has 10 heteroatoms. The summed E-state index contributed by atoms with van der Waals surface area (Å²) in [6.07, 6.45) is 0. The van der Waals surface area contributed by atoms with E-state index in [0.717, 1.165) is 20.4 Å². The predicted octanol–water partition coefficient (Wildman–Crippen LogP) is 3.46. The molecule has 2 aromatic carbocycles. The summed E-state index contributed by atoms with van der Waals surface area (Å²) in [6.45, 7) is 1.31. The number of nitrogens with zero attached hydrogens (tertiary/aromatic N) is 1. The minimum atomic E-state index is -3.83. The SMILES string of the molecule is Cc1cc(Br)ccc1NC(=O)COC(=O)c1ccc(Cl)c(S(=O)(=O)N(C)C)c1. The number of anilines is 1. The molecule has 150 valence electrons. The molecule has 0 saturated carbocycles. The van der Waals surface area contributed by atoms with Crippen LogP contribution in [0, 0.1) is 6.92 Å². The van der Waals surface area contributed by atoms with E-state index in [1.807, 2.05) is 13.0 Å². The number of aryl methyl sites for hydroxylation is 1. The van der Waals surface area contributed by atoms with E-state index in [9.17, 15) is 18.0 Å². The summed E-state index contributed by atoms with van der Waals surface area (Å²) in [5.74, 6) is -1.36. The van der Waals surface area contributed by atoms with Gasteiger partial charge in [0, 0.05) is 24.3 Å². The monoisotopic (exact) mass is 488 g/mol. The van der Waals surface area contributed by atoms with Crippen LogP contribution >= 0.6 is 27.5 Å². The fraction of sp³-hybridized carbons (Fsp3) is 0.222. The first-order valence-electron chi connectivity index (χ1n) is 7.97. The molecular weight excluding hydrogens is 472 g/mol. The highest BCUT2D eigenvalue weighted by Crippen LogP contribution is 2.25. The van der Waals surface area contributed by atoms with Crippen molar-refractivity contribution in [2.45, 2.75) is 11.8 Å². The van der Waals surface area contributed by atoms with Crippen LogP contribution in [0.5, 0.6) is 0 Å². The summed E-state index contributed by atoms with van der Waals surface area (Å²) in [5.41, 5.74) is 1.40.